The average Bonchev–Trinajstić information content (AvgIpc) is 2.44. The fourth-order valence-corrected chi connectivity index (χ4v) is 1.73. The molecular formula is C14H21N3O3. The molecule has 1 aromatic carbocycles. The fourth-order valence-electron chi connectivity index (χ4n) is 1.73. The van der Waals surface area contributed by atoms with E-state index in [1.54, 1.807) is 25.2 Å². The van der Waals surface area contributed by atoms with Crippen molar-refractivity contribution in [3.05, 3.63) is 23.8 Å². The number of benzene rings is 1. The number of carbonyl (C=O) groups is 2. The molecule has 0 saturated carbocycles. The summed E-state index contributed by atoms with van der Waals surface area (Å²) >= 11 is 0. The van der Waals surface area contributed by atoms with Crippen molar-refractivity contribution in [1.82, 2.24) is 5.32 Å². The molecular weight excluding hydrogens is 258 g/mol. The largest absolute Gasteiger partial charge is 0.465 e. The fraction of sp³-hybridized carbons (Fsp3) is 0.429. The molecule has 0 aliphatic heterocycles. The highest BCUT2D eigenvalue weighted by molar-refractivity contribution is 5.96. The van der Waals surface area contributed by atoms with Crippen LogP contribution in [0.25, 0.3) is 0 Å². The minimum absolute atomic E-state index is 0.0833. The third kappa shape index (κ3) is 3.63. The van der Waals surface area contributed by atoms with Gasteiger partial charge in [0, 0.05) is 25.0 Å². The van der Waals surface area contributed by atoms with Crippen LogP contribution in [0.2, 0.25) is 0 Å². The molecule has 1 amide bonds. The van der Waals surface area contributed by atoms with Gasteiger partial charge in [-0.15, -0.1) is 0 Å². The van der Waals surface area contributed by atoms with E-state index in [0.29, 0.717) is 23.5 Å². The lowest BCUT2D eigenvalue weighted by Gasteiger charge is -2.24. The molecule has 0 heterocycles. The van der Waals surface area contributed by atoms with E-state index >= 15 is 0 Å². The first-order chi connectivity index (χ1) is 9.31. The summed E-state index contributed by atoms with van der Waals surface area (Å²) in [6.45, 7) is 4.00. The first kappa shape index (κ1) is 15.8. The number of methoxy groups -OCH3 is 1. The molecule has 0 fully saturated rings. The molecule has 6 heteroatoms. The van der Waals surface area contributed by atoms with Crippen LogP contribution in [0.3, 0.4) is 0 Å². The second-order valence-electron chi connectivity index (χ2n) is 5.11. The standard InChI is InChI=1S/C14H21N3O3/c1-14(2,13(19)16-3)8-17-11-6-5-9(15)7-10(11)12(18)20-4/h5-7,17H,8,15H2,1-4H3,(H,16,19). The highest BCUT2D eigenvalue weighted by atomic mass is 16.5. The molecule has 0 radical (unpaired) electrons. The van der Waals surface area contributed by atoms with Gasteiger partial charge >= 0.3 is 5.97 Å². The molecule has 0 atom stereocenters. The summed E-state index contributed by atoms with van der Waals surface area (Å²) in [5.41, 5.74) is 6.47. The lowest BCUT2D eigenvalue weighted by Crippen LogP contribution is -2.39. The van der Waals surface area contributed by atoms with E-state index < -0.39 is 11.4 Å². The maximum Gasteiger partial charge on any atom is 0.340 e. The van der Waals surface area contributed by atoms with Gasteiger partial charge in [0.05, 0.1) is 18.1 Å². The quantitative estimate of drug-likeness (QED) is 0.557. The SMILES string of the molecule is CNC(=O)C(C)(C)CNc1ccc(N)cc1C(=O)OC. The van der Waals surface area contributed by atoms with Crippen molar-refractivity contribution in [3.8, 4) is 0 Å². The van der Waals surface area contributed by atoms with E-state index in [9.17, 15) is 9.59 Å². The molecule has 0 aromatic heterocycles. The van der Waals surface area contributed by atoms with Gasteiger partial charge in [-0.05, 0) is 32.0 Å². The third-order valence-corrected chi connectivity index (χ3v) is 3.01. The number of rotatable bonds is 5. The van der Waals surface area contributed by atoms with Crippen molar-refractivity contribution in [2.24, 2.45) is 5.41 Å². The highest BCUT2D eigenvalue weighted by Crippen LogP contribution is 2.22. The Morgan fingerprint density at radius 3 is 2.55 bits per heavy atom. The van der Waals surface area contributed by atoms with Crippen molar-refractivity contribution in [1.29, 1.82) is 0 Å². The molecule has 110 valence electrons. The molecule has 0 unspecified atom stereocenters. The zero-order valence-corrected chi connectivity index (χ0v) is 12.2. The van der Waals surface area contributed by atoms with Gasteiger partial charge in [-0.3, -0.25) is 4.79 Å². The zero-order valence-electron chi connectivity index (χ0n) is 12.2. The van der Waals surface area contributed by atoms with Gasteiger partial charge in [-0.2, -0.15) is 0 Å². The monoisotopic (exact) mass is 279 g/mol. The van der Waals surface area contributed by atoms with Crippen molar-refractivity contribution in [2.75, 3.05) is 31.8 Å². The summed E-state index contributed by atoms with van der Waals surface area (Å²) in [7, 11) is 2.90. The molecule has 6 nitrogen and oxygen atoms in total. The number of nitrogens with one attached hydrogen (secondary N) is 2. The number of carbonyl (C=O) groups excluding carboxylic acids is 2. The van der Waals surface area contributed by atoms with E-state index in [2.05, 4.69) is 10.6 Å². The Hall–Kier alpha value is -2.24. The second-order valence-corrected chi connectivity index (χ2v) is 5.11. The maximum atomic E-state index is 11.7. The number of anilines is 2. The number of esters is 1. The van der Waals surface area contributed by atoms with E-state index in [0.717, 1.165) is 0 Å². The summed E-state index contributed by atoms with van der Waals surface area (Å²) in [4.78, 5) is 23.4. The predicted octanol–water partition coefficient (Wildman–Crippen LogP) is 1.24. The Bertz CT molecular complexity index is 512. The molecule has 4 N–H and O–H groups in total. The van der Waals surface area contributed by atoms with Crippen LogP contribution in [0.1, 0.15) is 24.2 Å². The Kier molecular flexibility index (Phi) is 4.96. The molecule has 1 rings (SSSR count). The molecule has 0 spiro atoms. The van der Waals surface area contributed by atoms with Crippen molar-refractivity contribution in [2.45, 2.75) is 13.8 Å². The highest BCUT2D eigenvalue weighted by Gasteiger charge is 2.26. The summed E-state index contributed by atoms with van der Waals surface area (Å²) < 4.78 is 4.72. The smallest absolute Gasteiger partial charge is 0.340 e. The van der Waals surface area contributed by atoms with Crippen LogP contribution in [-0.2, 0) is 9.53 Å². The Morgan fingerprint density at radius 2 is 2.00 bits per heavy atom. The Labute approximate surface area is 118 Å². The number of nitrogen functional groups attached to an aromatic ring is 1. The summed E-state index contributed by atoms with van der Waals surface area (Å²) in [5, 5.41) is 5.70. The molecule has 0 saturated heterocycles. The van der Waals surface area contributed by atoms with E-state index in [1.165, 1.54) is 7.11 Å². The molecule has 20 heavy (non-hydrogen) atoms. The van der Waals surface area contributed by atoms with Crippen LogP contribution in [0.15, 0.2) is 18.2 Å². The minimum atomic E-state index is -0.608. The van der Waals surface area contributed by atoms with Gasteiger partial charge in [0.15, 0.2) is 0 Å². The van der Waals surface area contributed by atoms with Gasteiger partial charge < -0.3 is 21.1 Å². The topological polar surface area (TPSA) is 93.5 Å². The number of ether oxygens (including phenoxy) is 1. The van der Waals surface area contributed by atoms with E-state index in [1.807, 2.05) is 13.8 Å². The molecule has 1 aromatic rings. The van der Waals surface area contributed by atoms with Crippen molar-refractivity contribution < 1.29 is 14.3 Å². The molecule has 0 aliphatic rings. The van der Waals surface area contributed by atoms with Gasteiger partial charge in [0.2, 0.25) is 5.91 Å². The lowest BCUT2D eigenvalue weighted by molar-refractivity contribution is -0.128. The number of nitrogens with two attached hydrogens (primary N) is 1. The summed E-state index contributed by atoms with van der Waals surface area (Å²) in [5.74, 6) is -0.558. The summed E-state index contributed by atoms with van der Waals surface area (Å²) in [6, 6.07) is 4.92. The number of hydrogen-bond donors (Lipinski definition) is 3. The van der Waals surface area contributed by atoms with Gasteiger partial charge in [-0.1, -0.05) is 0 Å². The lowest BCUT2D eigenvalue weighted by atomic mass is 9.92. The summed E-state index contributed by atoms with van der Waals surface area (Å²) in [6.07, 6.45) is 0. The van der Waals surface area contributed by atoms with Crippen LogP contribution in [0, 0.1) is 5.41 Å². The van der Waals surface area contributed by atoms with Crippen molar-refractivity contribution >= 4 is 23.3 Å². The van der Waals surface area contributed by atoms with Crippen LogP contribution in [0.5, 0.6) is 0 Å². The maximum absolute atomic E-state index is 11.7. The molecule has 0 bridgehead atoms. The van der Waals surface area contributed by atoms with Gasteiger partial charge in [0.25, 0.3) is 0 Å². The van der Waals surface area contributed by atoms with Crippen LogP contribution < -0.4 is 16.4 Å². The Morgan fingerprint density at radius 1 is 1.35 bits per heavy atom. The predicted molar refractivity (Wildman–Crippen MR) is 78.5 cm³/mol. The van der Waals surface area contributed by atoms with Gasteiger partial charge in [-0.25, -0.2) is 4.79 Å². The van der Waals surface area contributed by atoms with Gasteiger partial charge in [0.1, 0.15) is 0 Å². The number of amides is 1. The second kappa shape index (κ2) is 6.27. The number of hydrogen-bond acceptors (Lipinski definition) is 5. The van der Waals surface area contributed by atoms with Crippen LogP contribution in [0.4, 0.5) is 11.4 Å². The third-order valence-electron chi connectivity index (χ3n) is 3.01. The van der Waals surface area contributed by atoms with Crippen LogP contribution in [-0.4, -0.2) is 32.6 Å². The average molecular weight is 279 g/mol. The zero-order chi connectivity index (χ0) is 15.3. The van der Waals surface area contributed by atoms with Crippen molar-refractivity contribution in [3.63, 3.8) is 0 Å². The Balaban J connectivity index is 2.93. The van der Waals surface area contributed by atoms with E-state index in [-0.39, 0.29) is 5.91 Å². The van der Waals surface area contributed by atoms with Crippen LogP contribution >= 0.6 is 0 Å². The first-order valence-electron chi connectivity index (χ1n) is 6.25. The first-order valence-corrected chi connectivity index (χ1v) is 6.25. The minimum Gasteiger partial charge on any atom is -0.465 e. The normalized spacial score (nSPS) is 10.8. The van der Waals surface area contributed by atoms with E-state index in [4.69, 9.17) is 10.5 Å². The molecule has 0 aliphatic carbocycles.